The summed E-state index contributed by atoms with van der Waals surface area (Å²) in [4.78, 5) is 11.5. The van der Waals surface area contributed by atoms with Crippen molar-refractivity contribution < 1.29 is 13.9 Å². The molecule has 1 aromatic heterocycles. The molecular weight excluding hydrogens is 254 g/mol. The Morgan fingerprint density at radius 2 is 2.10 bits per heavy atom. The van der Waals surface area contributed by atoms with Gasteiger partial charge in [-0.2, -0.15) is 0 Å². The highest BCUT2D eigenvalue weighted by Gasteiger charge is 2.20. The van der Waals surface area contributed by atoms with Crippen LogP contribution in [0.5, 0.6) is 0 Å². The molecule has 4 nitrogen and oxygen atoms in total. The fourth-order valence-corrected chi connectivity index (χ4v) is 2.96. The molecule has 0 aromatic carbocycles. The number of ether oxygens (including phenoxy) is 1. The van der Waals surface area contributed by atoms with Crippen LogP contribution in [0, 0.1) is 12.8 Å². The normalized spacial score (nSPS) is 22.8. The summed E-state index contributed by atoms with van der Waals surface area (Å²) in [5.41, 5.74) is 0.527. The van der Waals surface area contributed by atoms with Crippen LogP contribution in [0.25, 0.3) is 0 Å². The van der Waals surface area contributed by atoms with Crippen molar-refractivity contribution in [3.63, 3.8) is 0 Å². The van der Waals surface area contributed by atoms with E-state index in [2.05, 4.69) is 12.2 Å². The Bertz CT molecular complexity index is 445. The summed E-state index contributed by atoms with van der Waals surface area (Å²) in [7, 11) is 1.39. The molecule has 0 unspecified atom stereocenters. The highest BCUT2D eigenvalue weighted by molar-refractivity contribution is 5.90. The van der Waals surface area contributed by atoms with Crippen LogP contribution in [0.2, 0.25) is 0 Å². The van der Waals surface area contributed by atoms with Gasteiger partial charge in [0.2, 0.25) is 0 Å². The number of esters is 1. The average molecular weight is 279 g/mol. The maximum atomic E-state index is 11.5. The SMILES string of the molecule is CCC1CCC(NCc2cc(C(=O)OC)c(C)o2)CC1. The molecule has 0 bridgehead atoms. The van der Waals surface area contributed by atoms with Crippen molar-refractivity contribution in [1.29, 1.82) is 0 Å². The second-order valence-corrected chi connectivity index (χ2v) is 5.68. The molecule has 0 saturated heterocycles. The number of nitrogens with one attached hydrogen (secondary N) is 1. The van der Waals surface area contributed by atoms with Crippen LogP contribution in [0.3, 0.4) is 0 Å². The van der Waals surface area contributed by atoms with E-state index < -0.39 is 0 Å². The van der Waals surface area contributed by atoms with Crippen LogP contribution in [0.1, 0.15) is 60.9 Å². The Balaban J connectivity index is 1.84. The summed E-state index contributed by atoms with van der Waals surface area (Å²) in [6.07, 6.45) is 6.41. The molecule has 20 heavy (non-hydrogen) atoms. The zero-order chi connectivity index (χ0) is 14.5. The maximum Gasteiger partial charge on any atom is 0.341 e. The lowest BCUT2D eigenvalue weighted by molar-refractivity contribution is 0.0599. The Morgan fingerprint density at radius 1 is 1.40 bits per heavy atom. The summed E-state index contributed by atoms with van der Waals surface area (Å²) in [6, 6.07) is 2.36. The monoisotopic (exact) mass is 279 g/mol. The van der Waals surface area contributed by atoms with Crippen molar-refractivity contribution in [2.75, 3.05) is 7.11 Å². The van der Waals surface area contributed by atoms with Gasteiger partial charge in [0.15, 0.2) is 0 Å². The molecule has 1 aliphatic rings. The minimum absolute atomic E-state index is 0.332. The van der Waals surface area contributed by atoms with Gasteiger partial charge in [-0.15, -0.1) is 0 Å². The number of methoxy groups -OCH3 is 1. The smallest absolute Gasteiger partial charge is 0.341 e. The topological polar surface area (TPSA) is 51.5 Å². The molecule has 1 fully saturated rings. The second kappa shape index (κ2) is 6.93. The lowest BCUT2D eigenvalue weighted by atomic mass is 9.84. The lowest BCUT2D eigenvalue weighted by Crippen LogP contribution is -2.32. The minimum atomic E-state index is -0.332. The number of carbonyl (C=O) groups excluding carboxylic acids is 1. The largest absolute Gasteiger partial charge is 0.465 e. The number of hydrogen-bond acceptors (Lipinski definition) is 4. The fourth-order valence-electron chi connectivity index (χ4n) is 2.96. The van der Waals surface area contributed by atoms with E-state index in [-0.39, 0.29) is 5.97 Å². The van der Waals surface area contributed by atoms with Gasteiger partial charge < -0.3 is 14.5 Å². The van der Waals surface area contributed by atoms with E-state index in [9.17, 15) is 4.79 Å². The van der Waals surface area contributed by atoms with Crippen LogP contribution >= 0.6 is 0 Å². The number of furan rings is 1. The van der Waals surface area contributed by atoms with E-state index >= 15 is 0 Å². The molecule has 2 rings (SSSR count). The summed E-state index contributed by atoms with van der Waals surface area (Å²) < 4.78 is 10.3. The molecule has 112 valence electrons. The van der Waals surface area contributed by atoms with Crippen molar-refractivity contribution in [3.8, 4) is 0 Å². The predicted molar refractivity (Wildman–Crippen MR) is 77.7 cm³/mol. The van der Waals surface area contributed by atoms with Crippen molar-refractivity contribution in [3.05, 3.63) is 23.2 Å². The third-order valence-electron chi connectivity index (χ3n) is 4.36. The van der Waals surface area contributed by atoms with Gasteiger partial charge in [0, 0.05) is 6.04 Å². The molecule has 0 amide bonds. The van der Waals surface area contributed by atoms with Crippen LogP contribution in [0.15, 0.2) is 10.5 Å². The van der Waals surface area contributed by atoms with E-state index in [1.165, 1.54) is 39.2 Å². The third kappa shape index (κ3) is 3.63. The van der Waals surface area contributed by atoms with Crippen LogP contribution in [0.4, 0.5) is 0 Å². The predicted octanol–water partition coefficient (Wildman–Crippen LogP) is 3.43. The molecular formula is C16H25NO3. The van der Waals surface area contributed by atoms with Crippen molar-refractivity contribution >= 4 is 5.97 Å². The van der Waals surface area contributed by atoms with E-state index in [4.69, 9.17) is 9.15 Å². The summed E-state index contributed by atoms with van der Waals surface area (Å²) in [5, 5.41) is 3.53. The third-order valence-corrected chi connectivity index (χ3v) is 4.36. The Morgan fingerprint density at radius 3 is 2.70 bits per heavy atom. The quantitative estimate of drug-likeness (QED) is 0.839. The molecule has 1 N–H and O–H groups in total. The molecule has 0 spiro atoms. The molecule has 0 atom stereocenters. The van der Waals surface area contributed by atoms with Gasteiger partial charge in [0.25, 0.3) is 0 Å². The van der Waals surface area contributed by atoms with Crippen LogP contribution < -0.4 is 5.32 Å². The van der Waals surface area contributed by atoms with Gasteiger partial charge in [-0.05, 0) is 44.6 Å². The lowest BCUT2D eigenvalue weighted by Gasteiger charge is -2.28. The first-order chi connectivity index (χ1) is 9.63. The zero-order valence-corrected chi connectivity index (χ0v) is 12.7. The molecule has 0 aliphatic heterocycles. The van der Waals surface area contributed by atoms with Gasteiger partial charge in [-0.25, -0.2) is 4.79 Å². The first kappa shape index (κ1) is 15.1. The summed E-state index contributed by atoms with van der Waals surface area (Å²) >= 11 is 0. The molecule has 4 heteroatoms. The van der Waals surface area contributed by atoms with Crippen molar-refractivity contribution in [2.45, 2.75) is 58.5 Å². The number of aryl methyl sites for hydroxylation is 1. The fraction of sp³-hybridized carbons (Fsp3) is 0.688. The van der Waals surface area contributed by atoms with E-state index in [1.807, 2.05) is 0 Å². The number of carbonyl (C=O) groups is 1. The Hall–Kier alpha value is -1.29. The Kier molecular flexibility index (Phi) is 5.24. The van der Waals surface area contributed by atoms with Gasteiger partial charge in [0.05, 0.1) is 13.7 Å². The second-order valence-electron chi connectivity index (χ2n) is 5.68. The zero-order valence-electron chi connectivity index (χ0n) is 12.7. The maximum absolute atomic E-state index is 11.5. The minimum Gasteiger partial charge on any atom is -0.465 e. The summed E-state index contributed by atoms with van der Waals surface area (Å²) in [5.74, 6) is 2.01. The summed E-state index contributed by atoms with van der Waals surface area (Å²) in [6.45, 7) is 4.75. The van der Waals surface area contributed by atoms with Crippen LogP contribution in [-0.4, -0.2) is 19.1 Å². The molecule has 0 radical (unpaired) electrons. The highest BCUT2D eigenvalue weighted by Crippen LogP contribution is 2.26. The van der Waals surface area contributed by atoms with Crippen LogP contribution in [-0.2, 0) is 11.3 Å². The molecule has 1 heterocycles. The molecule has 1 aromatic rings. The van der Waals surface area contributed by atoms with Gasteiger partial charge in [0.1, 0.15) is 17.1 Å². The van der Waals surface area contributed by atoms with E-state index in [1.54, 1.807) is 13.0 Å². The molecule has 1 saturated carbocycles. The Labute approximate surface area is 120 Å². The highest BCUT2D eigenvalue weighted by atomic mass is 16.5. The van der Waals surface area contributed by atoms with Gasteiger partial charge in [-0.1, -0.05) is 13.3 Å². The first-order valence-electron chi connectivity index (χ1n) is 7.55. The van der Waals surface area contributed by atoms with Gasteiger partial charge >= 0.3 is 5.97 Å². The van der Waals surface area contributed by atoms with Crippen molar-refractivity contribution in [2.24, 2.45) is 5.92 Å². The average Bonchev–Trinajstić information content (AvgIpc) is 2.86. The number of hydrogen-bond donors (Lipinski definition) is 1. The van der Waals surface area contributed by atoms with E-state index in [0.717, 1.165) is 11.7 Å². The number of rotatable bonds is 5. The molecule has 1 aliphatic carbocycles. The standard InChI is InChI=1S/C16H25NO3/c1-4-12-5-7-13(8-6-12)17-10-14-9-15(11(2)20-14)16(18)19-3/h9,12-13,17H,4-8,10H2,1-3H3. The van der Waals surface area contributed by atoms with Gasteiger partial charge in [-0.3, -0.25) is 0 Å². The van der Waals surface area contributed by atoms with Crippen molar-refractivity contribution in [1.82, 2.24) is 5.32 Å². The first-order valence-corrected chi connectivity index (χ1v) is 7.55. The van der Waals surface area contributed by atoms with E-state index in [0.29, 0.717) is 23.9 Å².